The molecule has 0 fully saturated rings. The number of hydrogen-bond donors (Lipinski definition) is 0. The molecule has 1 atom stereocenters. The van der Waals surface area contributed by atoms with Crippen molar-refractivity contribution < 1.29 is 4.79 Å². The minimum atomic E-state index is 0.159. The summed E-state index contributed by atoms with van der Waals surface area (Å²) in [6, 6.07) is 9.46. The zero-order chi connectivity index (χ0) is 10.7. The lowest BCUT2D eigenvalue weighted by Gasteiger charge is -2.13. The molecule has 0 spiro atoms. The molecule has 1 aliphatic rings. The molecule has 1 aromatic rings. The lowest BCUT2D eigenvalue weighted by atomic mass is 9.91. The van der Waals surface area contributed by atoms with Crippen LogP contribution in [-0.2, 0) is 0 Å². The Hall–Kier alpha value is -1.63. The predicted molar refractivity (Wildman–Crippen MR) is 61.8 cm³/mol. The molecule has 0 N–H and O–H groups in total. The summed E-state index contributed by atoms with van der Waals surface area (Å²) in [7, 11) is 0. The topological polar surface area (TPSA) is 17.1 Å². The Bertz CT molecular complexity index is 412. The van der Waals surface area contributed by atoms with E-state index >= 15 is 0 Å². The van der Waals surface area contributed by atoms with E-state index in [9.17, 15) is 4.79 Å². The van der Waals surface area contributed by atoms with Gasteiger partial charge in [-0.1, -0.05) is 55.5 Å². The summed E-state index contributed by atoms with van der Waals surface area (Å²) in [6.07, 6.45) is 6.88. The van der Waals surface area contributed by atoms with Gasteiger partial charge in [0.1, 0.15) is 0 Å². The van der Waals surface area contributed by atoms with Crippen molar-refractivity contribution in [3.05, 3.63) is 59.7 Å². The zero-order valence-corrected chi connectivity index (χ0v) is 8.81. The first-order valence-electron chi connectivity index (χ1n) is 5.24. The smallest absolute Gasteiger partial charge is 0.189 e. The third kappa shape index (κ3) is 2.24. The molecule has 0 aromatic heterocycles. The van der Waals surface area contributed by atoms with Gasteiger partial charge in [0.15, 0.2) is 5.78 Å². The van der Waals surface area contributed by atoms with E-state index in [2.05, 4.69) is 13.0 Å². The van der Waals surface area contributed by atoms with Crippen LogP contribution in [0.15, 0.2) is 54.1 Å². The highest BCUT2D eigenvalue weighted by atomic mass is 16.1. The SMILES string of the molecule is CC1C=CC=C(C(=O)c2ccccc2)C1. The molecular formula is C14H14O. The molecule has 1 heteroatoms. The number of allylic oxidation sites excluding steroid dienone is 4. The summed E-state index contributed by atoms with van der Waals surface area (Å²) in [5.74, 6) is 0.629. The summed E-state index contributed by atoms with van der Waals surface area (Å²) < 4.78 is 0. The van der Waals surface area contributed by atoms with Gasteiger partial charge in [0.05, 0.1) is 0 Å². The van der Waals surface area contributed by atoms with Gasteiger partial charge in [-0.3, -0.25) is 4.79 Å². The molecule has 1 nitrogen and oxygen atoms in total. The molecule has 1 aromatic carbocycles. The van der Waals surface area contributed by atoms with E-state index < -0.39 is 0 Å². The molecular weight excluding hydrogens is 184 g/mol. The minimum absolute atomic E-state index is 0.159. The van der Waals surface area contributed by atoms with Gasteiger partial charge in [0.2, 0.25) is 0 Å². The van der Waals surface area contributed by atoms with E-state index in [-0.39, 0.29) is 5.78 Å². The van der Waals surface area contributed by atoms with Crippen molar-refractivity contribution in [1.29, 1.82) is 0 Å². The Morgan fingerprint density at radius 1 is 1.27 bits per heavy atom. The Morgan fingerprint density at radius 3 is 2.67 bits per heavy atom. The number of benzene rings is 1. The highest BCUT2D eigenvalue weighted by Crippen LogP contribution is 2.21. The molecule has 0 bridgehead atoms. The van der Waals surface area contributed by atoms with Gasteiger partial charge in [0.25, 0.3) is 0 Å². The van der Waals surface area contributed by atoms with Crippen molar-refractivity contribution in [1.82, 2.24) is 0 Å². The number of carbonyl (C=O) groups excluding carboxylic acids is 1. The van der Waals surface area contributed by atoms with Crippen molar-refractivity contribution in [3.8, 4) is 0 Å². The van der Waals surface area contributed by atoms with Gasteiger partial charge < -0.3 is 0 Å². The van der Waals surface area contributed by atoms with Crippen LogP contribution in [0.2, 0.25) is 0 Å². The second kappa shape index (κ2) is 4.26. The van der Waals surface area contributed by atoms with Crippen molar-refractivity contribution in [2.24, 2.45) is 5.92 Å². The molecule has 0 heterocycles. The summed E-state index contributed by atoms with van der Waals surface area (Å²) in [6.45, 7) is 2.13. The first-order chi connectivity index (χ1) is 7.27. The molecule has 0 amide bonds. The van der Waals surface area contributed by atoms with Gasteiger partial charge in [-0.25, -0.2) is 0 Å². The second-order valence-electron chi connectivity index (χ2n) is 3.95. The van der Waals surface area contributed by atoms with E-state index in [0.29, 0.717) is 5.92 Å². The normalized spacial score (nSPS) is 19.8. The molecule has 1 aliphatic carbocycles. The number of Topliss-reactive ketones (excluding diaryl/α,β-unsaturated/α-hetero) is 1. The summed E-state index contributed by atoms with van der Waals surface area (Å²) in [4.78, 5) is 12.0. The lowest BCUT2D eigenvalue weighted by molar-refractivity contribution is 0.102. The number of ketones is 1. The largest absolute Gasteiger partial charge is 0.289 e. The Balaban J connectivity index is 2.23. The fourth-order valence-corrected chi connectivity index (χ4v) is 1.79. The molecule has 15 heavy (non-hydrogen) atoms. The number of rotatable bonds is 2. The van der Waals surface area contributed by atoms with E-state index in [1.165, 1.54) is 0 Å². The van der Waals surface area contributed by atoms with Crippen molar-refractivity contribution in [3.63, 3.8) is 0 Å². The van der Waals surface area contributed by atoms with Gasteiger partial charge in [0, 0.05) is 11.1 Å². The van der Waals surface area contributed by atoms with Crippen LogP contribution in [0.3, 0.4) is 0 Å². The van der Waals surface area contributed by atoms with Gasteiger partial charge in [-0.05, 0) is 12.3 Å². The van der Waals surface area contributed by atoms with E-state index in [4.69, 9.17) is 0 Å². The third-order valence-corrected chi connectivity index (χ3v) is 2.61. The fraction of sp³-hybridized carbons (Fsp3) is 0.214. The predicted octanol–water partition coefficient (Wildman–Crippen LogP) is 3.39. The summed E-state index contributed by atoms with van der Waals surface area (Å²) >= 11 is 0. The summed E-state index contributed by atoms with van der Waals surface area (Å²) in [5.41, 5.74) is 1.70. The highest BCUT2D eigenvalue weighted by molar-refractivity contribution is 6.08. The van der Waals surface area contributed by atoms with Crippen LogP contribution < -0.4 is 0 Å². The van der Waals surface area contributed by atoms with Gasteiger partial charge in [-0.15, -0.1) is 0 Å². The maximum atomic E-state index is 12.0. The average Bonchev–Trinajstić information content (AvgIpc) is 2.29. The molecule has 0 saturated carbocycles. The van der Waals surface area contributed by atoms with Gasteiger partial charge in [-0.2, -0.15) is 0 Å². The standard InChI is InChI=1S/C14H14O/c1-11-6-5-9-13(10-11)14(15)12-7-3-2-4-8-12/h2-9,11H,10H2,1H3. The van der Waals surface area contributed by atoms with E-state index in [1.807, 2.05) is 42.5 Å². The van der Waals surface area contributed by atoms with Crippen LogP contribution >= 0.6 is 0 Å². The van der Waals surface area contributed by atoms with Crippen LogP contribution in [-0.4, -0.2) is 5.78 Å². The molecule has 2 rings (SSSR count). The van der Waals surface area contributed by atoms with E-state index in [1.54, 1.807) is 0 Å². The maximum Gasteiger partial charge on any atom is 0.189 e. The van der Waals surface area contributed by atoms with Crippen LogP contribution in [0.1, 0.15) is 23.7 Å². The number of hydrogen-bond acceptors (Lipinski definition) is 1. The monoisotopic (exact) mass is 198 g/mol. The average molecular weight is 198 g/mol. The Morgan fingerprint density at radius 2 is 2.00 bits per heavy atom. The molecule has 76 valence electrons. The Kier molecular flexibility index (Phi) is 2.82. The van der Waals surface area contributed by atoms with Crippen LogP contribution in [0.5, 0.6) is 0 Å². The second-order valence-corrected chi connectivity index (χ2v) is 3.95. The molecule has 0 saturated heterocycles. The highest BCUT2D eigenvalue weighted by Gasteiger charge is 2.15. The van der Waals surface area contributed by atoms with Crippen LogP contribution in [0, 0.1) is 5.92 Å². The fourth-order valence-electron chi connectivity index (χ4n) is 1.79. The quantitative estimate of drug-likeness (QED) is 0.666. The van der Waals surface area contributed by atoms with Crippen molar-refractivity contribution >= 4 is 5.78 Å². The lowest BCUT2D eigenvalue weighted by Crippen LogP contribution is -2.08. The zero-order valence-electron chi connectivity index (χ0n) is 8.81. The first-order valence-corrected chi connectivity index (χ1v) is 5.24. The maximum absolute atomic E-state index is 12.0. The Labute approximate surface area is 90.1 Å². The molecule has 0 radical (unpaired) electrons. The summed E-state index contributed by atoms with van der Waals surface area (Å²) in [5, 5.41) is 0. The minimum Gasteiger partial charge on any atom is -0.289 e. The van der Waals surface area contributed by atoms with E-state index in [0.717, 1.165) is 17.6 Å². The van der Waals surface area contributed by atoms with Crippen LogP contribution in [0.4, 0.5) is 0 Å². The first kappa shape index (κ1) is 9.91. The molecule has 0 aliphatic heterocycles. The van der Waals surface area contributed by atoms with Crippen LogP contribution in [0.25, 0.3) is 0 Å². The number of carbonyl (C=O) groups is 1. The third-order valence-electron chi connectivity index (χ3n) is 2.61. The van der Waals surface area contributed by atoms with Crippen molar-refractivity contribution in [2.75, 3.05) is 0 Å². The van der Waals surface area contributed by atoms with Gasteiger partial charge >= 0.3 is 0 Å². The van der Waals surface area contributed by atoms with Crippen molar-refractivity contribution in [2.45, 2.75) is 13.3 Å². The molecule has 1 unspecified atom stereocenters.